The molecule has 2 aliphatic heterocycles. The maximum Gasteiger partial charge on any atom is 0.262 e. The molecule has 7 heteroatoms. The van der Waals surface area contributed by atoms with Gasteiger partial charge in [-0.3, -0.25) is 0 Å². The topological polar surface area (TPSA) is 67.2 Å². The normalized spacial score (nSPS) is 28.3. The summed E-state index contributed by atoms with van der Waals surface area (Å²) in [7, 11) is -1.64. The fourth-order valence-electron chi connectivity index (χ4n) is 3.28. The summed E-state index contributed by atoms with van der Waals surface area (Å²) in [6.07, 6.45) is 5.70. The summed E-state index contributed by atoms with van der Waals surface area (Å²) in [6, 6.07) is 0.391. The van der Waals surface area contributed by atoms with Gasteiger partial charge in [-0.05, 0) is 39.2 Å². The summed E-state index contributed by atoms with van der Waals surface area (Å²) in [5.74, 6) is 0.721. The molecular weight excluding hydrogens is 276 g/mol. The number of aromatic nitrogens is 2. The molecular formula is C13H22N4O2S. The van der Waals surface area contributed by atoms with E-state index in [2.05, 4.69) is 10.3 Å². The van der Waals surface area contributed by atoms with Crippen LogP contribution in [0.3, 0.4) is 0 Å². The average molecular weight is 298 g/mol. The van der Waals surface area contributed by atoms with E-state index in [-0.39, 0.29) is 11.1 Å². The van der Waals surface area contributed by atoms with E-state index in [0.29, 0.717) is 12.6 Å². The van der Waals surface area contributed by atoms with Crippen molar-refractivity contribution in [2.45, 2.75) is 49.7 Å². The van der Waals surface area contributed by atoms with Crippen molar-refractivity contribution >= 4 is 10.0 Å². The lowest BCUT2D eigenvalue weighted by Crippen LogP contribution is -2.46. The van der Waals surface area contributed by atoms with Crippen LogP contribution in [0.5, 0.6) is 0 Å². The molecule has 0 amide bonds. The van der Waals surface area contributed by atoms with Gasteiger partial charge in [0.25, 0.3) is 10.0 Å². The average Bonchev–Trinajstić information content (AvgIpc) is 3.10. The van der Waals surface area contributed by atoms with Crippen LogP contribution in [-0.4, -0.2) is 47.4 Å². The van der Waals surface area contributed by atoms with Crippen LogP contribution >= 0.6 is 0 Å². The van der Waals surface area contributed by atoms with E-state index in [1.807, 2.05) is 14.0 Å². The van der Waals surface area contributed by atoms with Crippen molar-refractivity contribution in [3.63, 3.8) is 0 Å². The Morgan fingerprint density at radius 3 is 2.75 bits per heavy atom. The Balaban J connectivity index is 1.89. The Kier molecular flexibility index (Phi) is 3.60. The largest absolute Gasteiger partial charge is 0.337 e. The Bertz CT molecular complexity index is 570. The Labute approximate surface area is 120 Å². The zero-order valence-corrected chi connectivity index (χ0v) is 12.9. The van der Waals surface area contributed by atoms with Gasteiger partial charge < -0.3 is 9.88 Å². The molecule has 1 aromatic rings. The van der Waals surface area contributed by atoms with Crippen LogP contribution in [0.15, 0.2) is 11.2 Å². The molecule has 3 rings (SSSR count). The second-order valence-corrected chi connectivity index (χ2v) is 7.60. The molecule has 0 aliphatic carbocycles. The molecule has 2 aliphatic rings. The number of nitrogens with zero attached hydrogens (tertiary/aromatic N) is 3. The third-order valence-electron chi connectivity index (χ3n) is 4.47. The third-order valence-corrected chi connectivity index (χ3v) is 6.27. The van der Waals surface area contributed by atoms with Crippen molar-refractivity contribution in [3.8, 4) is 0 Å². The molecule has 0 saturated carbocycles. The minimum atomic E-state index is -3.47. The molecule has 20 heavy (non-hydrogen) atoms. The number of aryl methyl sites for hydroxylation is 2. The smallest absolute Gasteiger partial charge is 0.262 e. The van der Waals surface area contributed by atoms with Crippen molar-refractivity contribution in [3.05, 3.63) is 12.0 Å². The fraction of sp³-hybridized carbons (Fsp3) is 0.769. The highest BCUT2D eigenvalue weighted by Crippen LogP contribution is 2.30. The maximum absolute atomic E-state index is 12.8. The quantitative estimate of drug-likeness (QED) is 0.889. The van der Waals surface area contributed by atoms with Crippen molar-refractivity contribution < 1.29 is 8.42 Å². The number of imidazole rings is 1. The van der Waals surface area contributed by atoms with Crippen molar-refractivity contribution in [1.82, 2.24) is 19.2 Å². The van der Waals surface area contributed by atoms with E-state index >= 15 is 0 Å². The van der Waals surface area contributed by atoms with E-state index in [1.54, 1.807) is 15.1 Å². The van der Waals surface area contributed by atoms with Crippen LogP contribution in [0.4, 0.5) is 0 Å². The van der Waals surface area contributed by atoms with E-state index in [1.165, 1.54) is 0 Å². The van der Waals surface area contributed by atoms with Crippen LogP contribution in [0, 0.1) is 6.92 Å². The number of nitrogens with one attached hydrogen (secondary N) is 1. The summed E-state index contributed by atoms with van der Waals surface area (Å²) in [5.41, 5.74) is 0. The molecule has 2 unspecified atom stereocenters. The van der Waals surface area contributed by atoms with Gasteiger partial charge >= 0.3 is 0 Å². The predicted octanol–water partition coefficient (Wildman–Crippen LogP) is 0.634. The molecule has 0 bridgehead atoms. The Morgan fingerprint density at radius 1 is 1.35 bits per heavy atom. The van der Waals surface area contributed by atoms with Crippen molar-refractivity contribution in [2.75, 3.05) is 13.1 Å². The first-order valence-electron chi connectivity index (χ1n) is 7.25. The van der Waals surface area contributed by atoms with E-state index in [4.69, 9.17) is 0 Å². The highest BCUT2D eigenvalue weighted by molar-refractivity contribution is 7.89. The second-order valence-electron chi connectivity index (χ2n) is 5.77. The van der Waals surface area contributed by atoms with E-state index in [0.717, 1.165) is 38.1 Å². The Hall–Kier alpha value is -0.920. The van der Waals surface area contributed by atoms with E-state index < -0.39 is 10.0 Å². The van der Waals surface area contributed by atoms with Gasteiger partial charge in [0.15, 0.2) is 5.03 Å². The van der Waals surface area contributed by atoms with Gasteiger partial charge in [-0.1, -0.05) is 0 Å². The summed E-state index contributed by atoms with van der Waals surface area (Å²) in [5, 5.41) is 3.62. The SMILES string of the molecule is Cc1nc(S(=O)(=O)N2CCCC2C2CCCN2)cn1C. The van der Waals surface area contributed by atoms with Crippen LogP contribution in [0.2, 0.25) is 0 Å². The van der Waals surface area contributed by atoms with Gasteiger partial charge in [0.2, 0.25) is 0 Å². The maximum atomic E-state index is 12.8. The molecule has 2 atom stereocenters. The first-order valence-corrected chi connectivity index (χ1v) is 8.69. The first kappa shape index (κ1) is 14.0. The molecule has 6 nitrogen and oxygen atoms in total. The summed E-state index contributed by atoms with van der Waals surface area (Å²) in [6.45, 7) is 3.43. The monoisotopic (exact) mass is 298 g/mol. The van der Waals surface area contributed by atoms with Crippen LogP contribution in [0.25, 0.3) is 0 Å². The highest BCUT2D eigenvalue weighted by Gasteiger charge is 2.41. The van der Waals surface area contributed by atoms with Crippen LogP contribution in [-0.2, 0) is 17.1 Å². The molecule has 2 saturated heterocycles. The van der Waals surface area contributed by atoms with Gasteiger partial charge in [-0.25, -0.2) is 13.4 Å². The molecule has 0 spiro atoms. The van der Waals surface area contributed by atoms with Gasteiger partial charge in [0, 0.05) is 31.9 Å². The molecule has 3 heterocycles. The standard InChI is InChI=1S/C13H22N4O2S/c1-10-15-13(9-16(10)2)20(18,19)17-8-4-6-12(17)11-5-3-7-14-11/h9,11-12,14H,3-8H2,1-2H3. The molecule has 0 radical (unpaired) electrons. The van der Waals surface area contributed by atoms with Gasteiger partial charge in [0.1, 0.15) is 5.82 Å². The lowest BCUT2D eigenvalue weighted by atomic mass is 10.1. The minimum Gasteiger partial charge on any atom is -0.337 e. The summed E-state index contributed by atoms with van der Waals surface area (Å²) in [4.78, 5) is 4.20. The zero-order chi connectivity index (χ0) is 14.3. The fourth-order valence-corrected chi connectivity index (χ4v) is 5.03. The van der Waals surface area contributed by atoms with Crippen LogP contribution < -0.4 is 5.32 Å². The van der Waals surface area contributed by atoms with Gasteiger partial charge in [-0.15, -0.1) is 0 Å². The lowest BCUT2D eigenvalue weighted by Gasteiger charge is -2.28. The Morgan fingerprint density at radius 2 is 2.15 bits per heavy atom. The van der Waals surface area contributed by atoms with Crippen LogP contribution in [0.1, 0.15) is 31.5 Å². The van der Waals surface area contributed by atoms with Gasteiger partial charge in [0.05, 0.1) is 0 Å². The minimum absolute atomic E-state index is 0.0878. The second kappa shape index (κ2) is 5.13. The lowest BCUT2D eigenvalue weighted by molar-refractivity contribution is 0.321. The first-order chi connectivity index (χ1) is 9.50. The molecule has 112 valence electrons. The van der Waals surface area contributed by atoms with Gasteiger partial charge in [-0.2, -0.15) is 4.31 Å². The number of sulfonamides is 1. The number of rotatable bonds is 3. The predicted molar refractivity (Wildman–Crippen MR) is 75.9 cm³/mol. The highest BCUT2D eigenvalue weighted by atomic mass is 32.2. The molecule has 0 aromatic carbocycles. The molecule has 1 aromatic heterocycles. The summed E-state index contributed by atoms with van der Waals surface area (Å²) >= 11 is 0. The molecule has 1 N–H and O–H groups in total. The van der Waals surface area contributed by atoms with Crippen molar-refractivity contribution in [1.29, 1.82) is 0 Å². The third kappa shape index (κ3) is 2.27. The molecule has 2 fully saturated rings. The zero-order valence-electron chi connectivity index (χ0n) is 12.0. The van der Waals surface area contributed by atoms with Crippen molar-refractivity contribution in [2.24, 2.45) is 7.05 Å². The number of hydrogen-bond donors (Lipinski definition) is 1. The van der Waals surface area contributed by atoms with E-state index in [9.17, 15) is 8.42 Å². The number of hydrogen-bond acceptors (Lipinski definition) is 4. The summed E-state index contributed by atoms with van der Waals surface area (Å²) < 4.78 is 29.0.